The van der Waals surface area contributed by atoms with E-state index in [1.54, 1.807) is 61.5 Å². The Balaban J connectivity index is 1.89. The number of rotatable bonds is 12. The van der Waals surface area contributed by atoms with Gasteiger partial charge >= 0.3 is 0 Å². The van der Waals surface area contributed by atoms with Gasteiger partial charge in [-0.05, 0) is 61.9 Å². The summed E-state index contributed by atoms with van der Waals surface area (Å²) in [7, 11) is -3.88. The topological polar surface area (TPSA) is 96.0 Å². The van der Waals surface area contributed by atoms with Gasteiger partial charge in [-0.3, -0.25) is 13.9 Å². The Morgan fingerprint density at radius 1 is 0.923 bits per heavy atom. The lowest BCUT2D eigenvalue weighted by Gasteiger charge is -2.32. The van der Waals surface area contributed by atoms with Crippen LogP contribution in [0, 0.1) is 0 Å². The molecule has 3 rings (SSSR count). The second kappa shape index (κ2) is 13.7. The zero-order valence-electron chi connectivity index (χ0n) is 21.9. The SMILES string of the molecule is CCCNC(=O)C(C)N(Cc1c(Cl)cccc1Cl)C(=O)CN(c1ccc(Oc2ccccc2)cc1)S(C)(=O)=O. The van der Waals surface area contributed by atoms with Crippen molar-refractivity contribution in [1.29, 1.82) is 0 Å². The number of benzene rings is 3. The van der Waals surface area contributed by atoms with Crippen LogP contribution in [0.3, 0.4) is 0 Å². The molecular formula is C28H31Cl2N3O5S. The lowest BCUT2D eigenvalue weighted by Crippen LogP contribution is -2.51. The minimum atomic E-state index is -3.88. The molecule has 0 aliphatic rings. The second-order valence-electron chi connectivity index (χ2n) is 8.87. The lowest BCUT2D eigenvalue weighted by molar-refractivity contribution is -0.139. The van der Waals surface area contributed by atoms with Crippen molar-refractivity contribution in [3.05, 3.63) is 88.4 Å². The summed E-state index contributed by atoms with van der Waals surface area (Å²) in [6, 6.07) is 19.5. The maximum Gasteiger partial charge on any atom is 0.244 e. The van der Waals surface area contributed by atoms with Crippen molar-refractivity contribution in [2.24, 2.45) is 0 Å². The number of anilines is 1. The summed E-state index contributed by atoms with van der Waals surface area (Å²) in [6.07, 6.45) is 1.73. The Morgan fingerprint density at radius 3 is 2.08 bits per heavy atom. The quantitative estimate of drug-likeness (QED) is 0.300. The van der Waals surface area contributed by atoms with Gasteiger partial charge in [0.2, 0.25) is 21.8 Å². The average Bonchev–Trinajstić information content (AvgIpc) is 2.90. The van der Waals surface area contributed by atoms with Crippen LogP contribution in [0.2, 0.25) is 10.0 Å². The fraction of sp³-hybridized carbons (Fsp3) is 0.286. The Hall–Kier alpha value is -3.27. The summed E-state index contributed by atoms with van der Waals surface area (Å²) in [5, 5.41) is 3.44. The minimum Gasteiger partial charge on any atom is -0.457 e. The van der Waals surface area contributed by atoms with Gasteiger partial charge in [0.1, 0.15) is 24.1 Å². The van der Waals surface area contributed by atoms with Gasteiger partial charge in [0, 0.05) is 28.7 Å². The van der Waals surface area contributed by atoms with E-state index in [1.807, 2.05) is 25.1 Å². The van der Waals surface area contributed by atoms with Gasteiger partial charge in [0.15, 0.2) is 0 Å². The van der Waals surface area contributed by atoms with Gasteiger partial charge in [-0.25, -0.2) is 8.42 Å². The number of carbonyl (C=O) groups excluding carboxylic acids is 2. The first-order valence-corrected chi connectivity index (χ1v) is 14.9. The molecule has 0 aliphatic carbocycles. The third kappa shape index (κ3) is 8.36. The van der Waals surface area contributed by atoms with Crippen molar-refractivity contribution in [2.75, 3.05) is 23.7 Å². The number of sulfonamides is 1. The standard InChI is InChI=1S/C28H31Cl2N3O5S/c1-4-17-31-28(35)20(2)32(18-24-25(29)11-8-12-26(24)30)27(34)19-33(39(3,36)37)21-13-15-23(16-14-21)38-22-9-6-5-7-10-22/h5-16,20H,4,17-19H2,1-3H3,(H,31,35). The highest BCUT2D eigenvalue weighted by Gasteiger charge is 2.30. The Labute approximate surface area is 239 Å². The summed E-state index contributed by atoms with van der Waals surface area (Å²) in [5.74, 6) is 0.160. The smallest absolute Gasteiger partial charge is 0.244 e. The first-order chi connectivity index (χ1) is 18.5. The van der Waals surface area contributed by atoms with Gasteiger partial charge in [0.05, 0.1) is 11.9 Å². The Morgan fingerprint density at radius 2 is 1.51 bits per heavy atom. The fourth-order valence-electron chi connectivity index (χ4n) is 3.75. The molecule has 8 nitrogen and oxygen atoms in total. The molecule has 0 aliphatic heterocycles. The highest BCUT2D eigenvalue weighted by molar-refractivity contribution is 7.92. The predicted octanol–water partition coefficient (Wildman–Crippen LogP) is 5.50. The molecule has 3 aromatic rings. The van der Waals surface area contributed by atoms with Crippen molar-refractivity contribution < 1.29 is 22.7 Å². The number of hydrogen-bond acceptors (Lipinski definition) is 5. The lowest BCUT2D eigenvalue weighted by atomic mass is 10.1. The summed E-state index contributed by atoms with van der Waals surface area (Å²) < 4.78 is 32.3. The fourth-order valence-corrected chi connectivity index (χ4v) is 5.12. The molecule has 0 saturated carbocycles. The molecule has 0 heterocycles. The third-order valence-corrected chi connectivity index (χ3v) is 7.74. The number of nitrogens with one attached hydrogen (secondary N) is 1. The van der Waals surface area contributed by atoms with Crippen LogP contribution in [0.5, 0.6) is 11.5 Å². The van der Waals surface area contributed by atoms with E-state index in [0.717, 1.165) is 10.6 Å². The minimum absolute atomic E-state index is 0.0838. The van der Waals surface area contributed by atoms with Gasteiger partial charge in [0.25, 0.3) is 0 Å². The van der Waals surface area contributed by atoms with E-state index in [4.69, 9.17) is 27.9 Å². The van der Waals surface area contributed by atoms with Crippen molar-refractivity contribution in [2.45, 2.75) is 32.9 Å². The average molecular weight is 593 g/mol. The summed E-state index contributed by atoms with van der Waals surface area (Å²) in [6.45, 7) is 3.31. The molecule has 208 valence electrons. The molecule has 0 fully saturated rings. The summed E-state index contributed by atoms with van der Waals surface area (Å²) in [5.41, 5.74) is 0.725. The molecule has 0 spiro atoms. The van der Waals surface area contributed by atoms with Crippen LogP contribution in [0.4, 0.5) is 5.69 Å². The summed E-state index contributed by atoms with van der Waals surface area (Å²) in [4.78, 5) is 27.8. The van der Waals surface area contributed by atoms with E-state index < -0.39 is 28.5 Å². The van der Waals surface area contributed by atoms with Crippen LogP contribution >= 0.6 is 23.2 Å². The first-order valence-electron chi connectivity index (χ1n) is 12.3. The molecule has 2 amide bonds. The van der Waals surface area contributed by atoms with E-state index in [1.165, 1.54) is 4.90 Å². The van der Waals surface area contributed by atoms with E-state index >= 15 is 0 Å². The normalized spacial score (nSPS) is 11.9. The third-order valence-electron chi connectivity index (χ3n) is 5.89. The maximum atomic E-state index is 13.7. The van der Waals surface area contributed by atoms with Gasteiger partial charge in [-0.2, -0.15) is 0 Å². The maximum absolute atomic E-state index is 13.7. The number of halogens is 2. The number of carbonyl (C=O) groups is 2. The molecule has 0 bridgehead atoms. The molecule has 11 heteroatoms. The highest BCUT2D eigenvalue weighted by atomic mass is 35.5. The van der Waals surface area contributed by atoms with Crippen LogP contribution < -0.4 is 14.4 Å². The Kier molecular flexibility index (Phi) is 10.6. The van der Waals surface area contributed by atoms with E-state index in [-0.39, 0.29) is 18.1 Å². The zero-order valence-corrected chi connectivity index (χ0v) is 24.3. The molecule has 1 N–H and O–H groups in total. The van der Waals surface area contributed by atoms with E-state index in [2.05, 4.69) is 5.32 Å². The second-order valence-corrected chi connectivity index (χ2v) is 11.6. The zero-order chi connectivity index (χ0) is 28.6. The van der Waals surface area contributed by atoms with Gasteiger partial charge in [-0.15, -0.1) is 0 Å². The predicted molar refractivity (Wildman–Crippen MR) is 155 cm³/mol. The van der Waals surface area contributed by atoms with Crippen LogP contribution in [-0.2, 0) is 26.2 Å². The van der Waals surface area contributed by atoms with E-state index in [0.29, 0.717) is 40.1 Å². The molecule has 0 saturated heterocycles. The largest absolute Gasteiger partial charge is 0.457 e. The van der Waals surface area contributed by atoms with Gasteiger partial charge < -0.3 is 15.0 Å². The molecule has 0 radical (unpaired) electrons. The molecule has 1 atom stereocenters. The van der Waals surface area contributed by atoms with Crippen molar-refractivity contribution in [1.82, 2.24) is 10.2 Å². The number of ether oxygens (including phenoxy) is 1. The van der Waals surface area contributed by atoms with Crippen LogP contribution in [-0.4, -0.2) is 50.5 Å². The van der Waals surface area contributed by atoms with Crippen LogP contribution in [0.25, 0.3) is 0 Å². The van der Waals surface area contributed by atoms with Crippen LogP contribution in [0.1, 0.15) is 25.8 Å². The molecule has 1 unspecified atom stereocenters. The number of para-hydroxylation sites is 1. The first kappa shape index (κ1) is 30.3. The number of amides is 2. The van der Waals surface area contributed by atoms with Crippen molar-refractivity contribution >= 4 is 50.7 Å². The number of hydrogen-bond donors (Lipinski definition) is 1. The highest BCUT2D eigenvalue weighted by Crippen LogP contribution is 2.28. The molecule has 3 aromatic carbocycles. The Bertz CT molecular complexity index is 1370. The van der Waals surface area contributed by atoms with Crippen molar-refractivity contribution in [3.63, 3.8) is 0 Å². The van der Waals surface area contributed by atoms with Crippen molar-refractivity contribution in [3.8, 4) is 11.5 Å². The number of nitrogens with zero attached hydrogens (tertiary/aromatic N) is 2. The van der Waals surface area contributed by atoms with E-state index in [9.17, 15) is 18.0 Å². The summed E-state index contributed by atoms with van der Waals surface area (Å²) >= 11 is 12.7. The van der Waals surface area contributed by atoms with Gasteiger partial charge in [-0.1, -0.05) is 54.4 Å². The molecule has 0 aromatic heterocycles. The molecule has 39 heavy (non-hydrogen) atoms. The van der Waals surface area contributed by atoms with Crippen LogP contribution in [0.15, 0.2) is 72.8 Å². The monoisotopic (exact) mass is 591 g/mol. The molecular weight excluding hydrogens is 561 g/mol.